The molecule has 0 aliphatic heterocycles. The Morgan fingerprint density at radius 2 is 1.81 bits per heavy atom. The van der Waals surface area contributed by atoms with E-state index in [0.717, 1.165) is 31.4 Å². The van der Waals surface area contributed by atoms with Gasteiger partial charge in [-0.2, -0.15) is 0 Å². The van der Waals surface area contributed by atoms with E-state index in [1.165, 1.54) is 35.1 Å². The maximum atomic E-state index is 12.5. The second-order valence-electron chi connectivity index (χ2n) is 7.53. The first-order valence-corrected chi connectivity index (χ1v) is 10.3. The van der Waals surface area contributed by atoms with Crippen molar-refractivity contribution in [3.63, 3.8) is 0 Å². The number of carbonyl (C=O) groups is 1. The van der Waals surface area contributed by atoms with Crippen LogP contribution in [0, 0.1) is 6.92 Å². The average Bonchev–Trinajstić information content (AvgIpc) is 2.70. The number of carbonyl (C=O) groups excluding carboxylic acids is 1. The summed E-state index contributed by atoms with van der Waals surface area (Å²) in [6.07, 6.45) is 6.95. The summed E-state index contributed by atoms with van der Waals surface area (Å²) in [5.74, 6) is 0.802. The molecule has 0 spiro atoms. The molecule has 3 heteroatoms. The Balaban J connectivity index is 1.46. The predicted octanol–water partition coefficient (Wildman–Crippen LogP) is 4.78. The lowest BCUT2D eigenvalue weighted by atomic mass is 9.92. The summed E-state index contributed by atoms with van der Waals surface area (Å²) in [5, 5.41) is 3.03. The summed E-state index contributed by atoms with van der Waals surface area (Å²) in [5.41, 5.74) is 5.40. The highest BCUT2D eigenvalue weighted by Crippen LogP contribution is 2.26. The first-order chi connectivity index (χ1) is 13.2. The minimum atomic E-state index is -0.425. The van der Waals surface area contributed by atoms with Gasteiger partial charge >= 0.3 is 0 Å². The SMILES string of the molecule is CCC(Oc1ccc2c(c1)CCCC2)C(=O)NCCCc1ccc(C)cc1. The lowest BCUT2D eigenvalue weighted by Gasteiger charge is -2.20. The number of fused-ring (bicyclic) bond motifs is 1. The van der Waals surface area contributed by atoms with Crippen LogP contribution in [-0.2, 0) is 24.1 Å². The Morgan fingerprint density at radius 3 is 2.56 bits per heavy atom. The Morgan fingerprint density at radius 1 is 1.07 bits per heavy atom. The van der Waals surface area contributed by atoms with Crippen molar-refractivity contribution < 1.29 is 9.53 Å². The maximum absolute atomic E-state index is 12.5. The molecule has 27 heavy (non-hydrogen) atoms. The summed E-state index contributed by atoms with van der Waals surface area (Å²) in [4.78, 5) is 12.5. The van der Waals surface area contributed by atoms with Crippen LogP contribution in [0.3, 0.4) is 0 Å². The van der Waals surface area contributed by atoms with Crippen molar-refractivity contribution in [1.29, 1.82) is 0 Å². The lowest BCUT2D eigenvalue weighted by Crippen LogP contribution is -2.38. The highest BCUT2D eigenvalue weighted by molar-refractivity contribution is 5.81. The Bertz CT molecular complexity index is 751. The van der Waals surface area contributed by atoms with E-state index in [-0.39, 0.29) is 5.91 Å². The van der Waals surface area contributed by atoms with E-state index in [9.17, 15) is 4.79 Å². The molecule has 3 nitrogen and oxygen atoms in total. The molecule has 1 aliphatic rings. The first kappa shape index (κ1) is 19.5. The average molecular weight is 366 g/mol. The summed E-state index contributed by atoms with van der Waals surface area (Å²) in [6.45, 7) is 4.77. The summed E-state index contributed by atoms with van der Waals surface area (Å²) in [6, 6.07) is 14.9. The molecule has 144 valence electrons. The molecule has 1 atom stereocenters. The molecular formula is C24H31NO2. The normalized spacial score (nSPS) is 14.3. The van der Waals surface area contributed by atoms with Crippen LogP contribution >= 0.6 is 0 Å². The largest absolute Gasteiger partial charge is 0.481 e. The molecule has 1 unspecified atom stereocenters. The number of benzene rings is 2. The fourth-order valence-corrected chi connectivity index (χ4v) is 3.64. The fourth-order valence-electron chi connectivity index (χ4n) is 3.64. The molecule has 1 aliphatic carbocycles. The van der Waals surface area contributed by atoms with Crippen LogP contribution in [0.4, 0.5) is 0 Å². The zero-order chi connectivity index (χ0) is 19.1. The molecule has 0 heterocycles. The molecule has 0 saturated heterocycles. The van der Waals surface area contributed by atoms with Crippen molar-refractivity contribution in [2.24, 2.45) is 0 Å². The highest BCUT2D eigenvalue weighted by atomic mass is 16.5. The van der Waals surface area contributed by atoms with Gasteiger partial charge in [-0.05, 0) is 80.7 Å². The third-order valence-corrected chi connectivity index (χ3v) is 5.32. The van der Waals surface area contributed by atoms with Crippen LogP contribution < -0.4 is 10.1 Å². The molecule has 3 rings (SSSR count). The number of ether oxygens (including phenoxy) is 1. The third-order valence-electron chi connectivity index (χ3n) is 5.32. The van der Waals surface area contributed by atoms with Crippen LogP contribution in [0.2, 0.25) is 0 Å². The number of aryl methyl sites for hydroxylation is 4. The Hall–Kier alpha value is -2.29. The van der Waals surface area contributed by atoms with Gasteiger partial charge in [0.15, 0.2) is 6.10 Å². The van der Waals surface area contributed by atoms with E-state index in [4.69, 9.17) is 4.74 Å². The second-order valence-corrected chi connectivity index (χ2v) is 7.53. The molecule has 2 aromatic rings. The van der Waals surface area contributed by atoms with Gasteiger partial charge < -0.3 is 10.1 Å². The van der Waals surface area contributed by atoms with Crippen molar-refractivity contribution in [3.8, 4) is 5.75 Å². The molecule has 1 N–H and O–H groups in total. The number of nitrogens with one attached hydrogen (secondary N) is 1. The predicted molar refractivity (Wildman–Crippen MR) is 110 cm³/mol. The zero-order valence-corrected chi connectivity index (χ0v) is 16.6. The molecule has 0 saturated carbocycles. The molecule has 2 aromatic carbocycles. The van der Waals surface area contributed by atoms with Gasteiger partial charge in [-0.15, -0.1) is 0 Å². The van der Waals surface area contributed by atoms with E-state index in [1.807, 2.05) is 13.0 Å². The van der Waals surface area contributed by atoms with Crippen molar-refractivity contribution >= 4 is 5.91 Å². The van der Waals surface area contributed by atoms with Gasteiger partial charge in [0.05, 0.1) is 0 Å². The van der Waals surface area contributed by atoms with E-state index >= 15 is 0 Å². The highest BCUT2D eigenvalue weighted by Gasteiger charge is 2.19. The van der Waals surface area contributed by atoms with E-state index in [2.05, 4.69) is 48.6 Å². The van der Waals surface area contributed by atoms with Gasteiger partial charge in [-0.3, -0.25) is 4.79 Å². The van der Waals surface area contributed by atoms with Gasteiger partial charge in [0.25, 0.3) is 5.91 Å². The van der Waals surface area contributed by atoms with Gasteiger partial charge in [0, 0.05) is 6.54 Å². The van der Waals surface area contributed by atoms with E-state index in [0.29, 0.717) is 13.0 Å². The lowest BCUT2D eigenvalue weighted by molar-refractivity contribution is -0.128. The first-order valence-electron chi connectivity index (χ1n) is 10.3. The van der Waals surface area contributed by atoms with E-state index < -0.39 is 6.10 Å². The molecule has 1 amide bonds. The summed E-state index contributed by atoms with van der Waals surface area (Å²) >= 11 is 0. The van der Waals surface area contributed by atoms with Crippen molar-refractivity contribution in [2.45, 2.75) is 64.9 Å². The van der Waals surface area contributed by atoms with Gasteiger partial charge in [-0.1, -0.05) is 42.8 Å². The topological polar surface area (TPSA) is 38.3 Å². The minimum Gasteiger partial charge on any atom is -0.481 e. The maximum Gasteiger partial charge on any atom is 0.261 e. The molecule has 0 bridgehead atoms. The minimum absolute atomic E-state index is 0.0147. The zero-order valence-electron chi connectivity index (χ0n) is 16.6. The Kier molecular flexibility index (Phi) is 6.92. The van der Waals surface area contributed by atoms with Crippen molar-refractivity contribution in [3.05, 3.63) is 64.7 Å². The molecule has 0 aromatic heterocycles. The standard InChI is InChI=1S/C24H31NO2/c1-3-23(27-22-15-14-20-8-4-5-9-21(20)17-22)24(26)25-16-6-7-19-12-10-18(2)11-13-19/h10-15,17,23H,3-9,16H2,1-2H3,(H,25,26). The van der Waals surface area contributed by atoms with Crippen LogP contribution in [0.25, 0.3) is 0 Å². The summed E-state index contributed by atoms with van der Waals surface area (Å²) in [7, 11) is 0. The third kappa shape index (κ3) is 5.59. The van der Waals surface area contributed by atoms with Gasteiger partial charge in [-0.25, -0.2) is 0 Å². The fraction of sp³-hybridized carbons (Fsp3) is 0.458. The van der Waals surface area contributed by atoms with Crippen LogP contribution in [0.1, 0.15) is 54.9 Å². The second kappa shape index (κ2) is 9.59. The molecular weight excluding hydrogens is 334 g/mol. The van der Waals surface area contributed by atoms with Crippen molar-refractivity contribution in [1.82, 2.24) is 5.32 Å². The van der Waals surface area contributed by atoms with Crippen molar-refractivity contribution in [2.75, 3.05) is 6.54 Å². The number of amides is 1. The smallest absolute Gasteiger partial charge is 0.261 e. The molecule has 0 radical (unpaired) electrons. The Labute approximate surface area is 163 Å². The number of hydrogen-bond acceptors (Lipinski definition) is 2. The summed E-state index contributed by atoms with van der Waals surface area (Å²) < 4.78 is 6.01. The number of rotatable bonds is 8. The monoisotopic (exact) mass is 365 g/mol. The van der Waals surface area contributed by atoms with Crippen LogP contribution in [0.5, 0.6) is 5.75 Å². The van der Waals surface area contributed by atoms with Crippen LogP contribution in [0.15, 0.2) is 42.5 Å². The molecule has 0 fully saturated rings. The quantitative estimate of drug-likeness (QED) is 0.684. The van der Waals surface area contributed by atoms with Gasteiger partial charge in [0.2, 0.25) is 0 Å². The number of hydrogen-bond donors (Lipinski definition) is 1. The van der Waals surface area contributed by atoms with E-state index in [1.54, 1.807) is 0 Å². The van der Waals surface area contributed by atoms with Gasteiger partial charge in [0.1, 0.15) is 5.75 Å². The van der Waals surface area contributed by atoms with Crippen LogP contribution in [-0.4, -0.2) is 18.6 Å².